The number of nitro groups is 1. The molecule has 8 heteroatoms. The van der Waals surface area contributed by atoms with Gasteiger partial charge in [0.15, 0.2) is 5.76 Å². The first kappa shape index (κ1) is 18.7. The summed E-state index contributed by atoms with van der Waals surface area (Å²) in [7, 11) is 0. The van der Waals surface area contributed by atoms with Crippen LogP contribution in [0.2, 0.25) is 0 Å². The second-order valence-corrected chi connectivity index (χ2v) is 6.92. The summed E-state index contributed by atoms with van der Waals surface area (Å²) in [5.74, 6) is 1.39. The SMILES string of the molecule is CC(C)CN(CC(C)C)C(=O)c1ccc(Cn2cc([N+](=O)[O-])cn2)o1. The number of aromatic nitrogens is 2. The largest absolute Gasteiger partial charge is 0.454 e. The monoisotopic (exact) mass is 348 g/mol. The van der Waals surface area contributed by atoms with E-state index in [-0.39, 0.29) is 23.9 Å². The van der Waals surface area contributed by atoms with Gasteiger partial charge in [-0.05, 0) is 24.0 Å². The summed E-state index contributed by atoms with van der Waals surface area (Å²) in [6.07, 6.45) is 2.51. The molecule has 25 heavy (non-hydrogen) atoms. The molecule has 0 spiro atoms. The maximum atomic E-state index is 12.7. The zero-order chi connectivity index (χ0) is 18.6. The lowest BCUT2D eigenvalue weighted by atomic mass is 10.1. The van der Waals surface area contributed by atoms with E-state index < -0.39 is 4.92 Å². The Morgan fingerprint density at radius 2 is 1.92 bits per heavy atom. The number of carbonyl (C=O) groups is 1. The quantitative estimate of drug-likeness (QED) is 0.539. The van der Waals surface area contributed by atoms with E-state index in [4.69, 9.17) is 4.42 Å². The lowest BCUT2D eigenvalue weighted by Gasteiger charge is -2.25. The molecule has 2 aromatic rings. The summed E-state index contributed by atoms with van der Waals surface area (Å²) in [5, 5.41) is 14.6. The van der Waals surface area contributed by atoms with Gasteiger partial charge in [0, 0.05) is 13.1 Å². The van der Waals surface area contributed by atoms with Gasteiger partial charge >= 0.3 is 5.69 Å². The van der Waals surface area contributed by atoms with Crippen molar-refractivity contribution < 1.29 is 14.1 Å². The van der Waals surface area contributed by atoms with E-state index in [0.29, 0.717) is 30.7 Å². The van der Waals surface area contributed by atoms with E-state index in [2.05, 4.69) is 32.8 Å². The maximum Gasteiger partial charge on any atom is 0.307 e. The second-order valence-electron chi connectivity index (χ2n) is 6.92. The molecule has 0 bridgehead atoms. The van der Waals surface area contributed by atoms with Crippen molar-refractivity contribution >= 4 is 11.6 Å². The molecule has 0 radical (unpaired) electrons. The Hall–Kier alpha value is -2.64. The van der Waals surface area contributed by atoms with Crippen molar-refractivity contribution in [3.8, 4) is 0 Å². The zero-order valence-electron chi connectivity index (χ0n) is 15.0. The molecule has 0 aliphatic carbocycles. The molecule has 0 N–H and O–H groups in total. The van der Waals surface area contributed by atoms with E-state index in [1.54, 1.807) is 17.0 Å². The molecule has 2 aromatic heterocycles. The third-order valence-corrected chi connectivity index (χ3v) is 3.48. The van der Waals surface area contributed by atoms with Crippen molar-refractivity contribution in [3.05, 3.63) is 46.2 Å². The molecular weight excluding hydrogens is 324 g/mol. The fourth-order valence-electron chi connectivity index (χ4n) is 2.55. The maximum absolute atomic E-state index is 12.7. The molecule has 0 aliphatic rings. The molecule has 0 saturated carbocycles. The Bertz CT molecular complexity index is 723. The van der Waals surface area contributed by atoms with Gasteiger partial charge in [0.2, 0.25) is 0 Å². The van der Waals surface area contributed by atoms with Gasteiger partial charge in [0.1, 0.15) is 18.2 Å². The van der Waals surface area contributed by atoms with Crippen LogP contribution in [0, 0.1) is 22.0 Å². The van der Waals surface area contributed by atoms with Crippen molar-refractivity contribution in [2.75, 3.05) is 13.1 Å². The van der Waals surface area contributed by atoms with Crippen LogP contribution >= 0.6 is 0 Å². The van der Waals surface area contributed by atoms with Crippen LogP contribution in [0.1, 0.15) is 44.0 Å². The van der Waals surface area contributed by atoms with E-state index in [1.807, 2.05) is 0 Å². The molecule has 0 atom stereocenters. The molecule has 0 aromatic carbocycles. The number of amides is 1. The minimum absolute atomic E-state index is 0.0807. The van der Waals surface area contributed by atoms with Gasteiger partial charge < -0.3 is 9.32 Å². The van der Waals surface area contributed by atoms with Gasteiger partial charge in [0.05, 0.1) is 11.5 Å². The van der Waals surface area contributed by atoms with Gasteiger partial charge in [-0.25, -0.2) is 0 Å². The van der Waals surface area contributed by atoms with Gasteiger partial charge in [-0.15, -0.1) is 0 Å². The summed E-state index contributed by atoms with van der Waals surface area (Å²) in [6.45, 7) is 9.83. The van der Waals surface area contributed by atoms with Crippen LogP contribution in [0.15, 0.2) is 28.9 Å². The summed E-state index contributed by atoms with van der Waals surface area (Å²) in [5.41, 5.74) is -0.0807. The van der Waals surface area contributed by atoms with Crippen LogP contribution in [0.3, 0.4) is 0 Å². The summed E-state index contributed by atoms with van der Waals surface area (Å²) in [6, 6.07) is 3.34. The smallest absolute Gasteiger partial charge is 0.307 e. The molecule has 2 rings (SSSR count). The van der Waals surface area contributed by atoms with Crippen LogP contribution < -0.4 is 0 Å². The lowest BCUT2D eigenvalue weighted by Crippen LogP contribution is -2.36. The van der Waals surface area contributed by atoms with Crippen molar-refractivity contribution in [2.45, 2.75) is 34.2 Å². The Labute approximate surface area is 146 Å². The highest BCUT2D eigenvalue weighted by Gasteiger charge is 2.21. The molecule has 0 unspecified atom stereocenters. The average molecular weight is 348 g/mol. The van der Waals surface area contributed by atoms with Crippen LogP contribution in [0.4, 0.5) is 5.69 Å². The Morgan fingerprint density at radius 3 is 2.44 bits per heavy atom. The van der Waals surface area contributed by atoms with Gasteiger partial charge in [-0.1, -0.05) is 27.7 Å². The molecule has 8 nitrogen and oxygen atoms in total. The number of hydrogen-bond acceptors (Lipinski definition) is 5. The number of hydrogen-bond donors (Lipinski definition) is 0. The topological polar surface area (TPSA) is 94.4 Å². The highest BCUT2D eigenvalue weighted by atomic mass is 16.6. The molecule has 136 valence electrons. The lowest BCUT2D eigenvalue weighted by molar-refractivity contribution is -0.385. The first-order chi connectivity index (χ1) is 11.8. The highest BCUT2D eigenvalue weighted by molar-refractivity contribution is 5.91. The third-order valence-electron chi connectivity index (χ3n) is 3.48. The standard InChI is InChI=1S/C17H24N4O4/c1-12(2)8-19(9-13(3)4)17(22)16-6-5-15(25-16)11-20-10-14(7-18-20)21(23)24/h5-7,10,12-13H,8-9,11H2,1-4H3. The summed E-state index contributed by atoms with van der Waals surface area (Å²) in [4.78, 5) is 24.7. The predicted molar refractivity (Wildman–Crippen MR) is 92.3 cm³/mol. The number of nitrogens with zero attached hydrogens (tertiary/aromatic N) is 4. The number of furan rings is 1. The van der Waals surface area contributed by atoms with Crippen molar-refractivity contribution in [3.63, 3.8) is 0 Å². The van der Waals surface area contributed by atoms with Crippen LogP contribution in [-0.2, 0) is 6.54 Å². The van der Waals surface area contributed by atoms with Crippen LogP contribution in [0.25, 0.3) is 0 Å². The highest BCUT2D eigenvalue weighted by Crippen LogP contribution is 2.16. The number of rotatable bonds is 8. The molecule has 0 saturated heterocycles. The van der Waals surface area contributed by atoms with Gasteiger partial charge in [-0.3, -0.25) is 19.6 Å². The zero-order valence-corrected chi connectivity index (χ0v) is 15.0. The van der Waals surface area contributed by atoms with Crippen molar-refractivity contribution in [1.29, 1.82) is 0 Å². The van der Waals surface area contributed by atoms with E-state index in [0.717, 1.165) is 0 Å². The summed E-state index contributed by atoms with van der Waals surface area (Å²) < 4.78 is 7.05. The first-order valence-corrected chi connectivity index (χ1v) is 8.31. The predicted octanol–water partition coefficient (Wildman–Crippen LogP) is 3.19. The fourth-order valence-corrected chi connectivity index (χ4v) is 2.55. The first-order valence-electron chi connectivity index (χ1n) is 8.31. The fraction of sp³-hybridized carbons (Fsp3) is 0.529. The Balaban J connectivity index is 2.09. The van der Waals surface area contributed by atoms with E-state index in [1.165, 1.54) is 17.1 Å². The molecular formula is C17H24N4O4. The van der Waals surface area contributed by atoms with E-state index >= 15 is 0 Å². The van der Waals surface area contributed by atoms with Crippen molar-refractivity contribution in [2.24, 2.45) is 11.8 Å². The normalized spacial score (nSPS) is 11.3. The van der Waals surface area contributed by atoms with E-state index in [9.17, 15) is 14.9 Å². The molecule has 0 aliphatic heterocycles. The number of carbonyl (C=O) groups excluding carboxylic acids is 1. The average Bonchev–Trinajstić information content (AvgIpc) is 3.15. The minimum atomic E-state index is -0.504. The molecule has 2 heterocycles. The van der Waals surface area contributed by atoms with Gasteiger partial charge in [-0.2, -0.15) is 5.10 Å². The van der Waals surface area contributed by atoms with Gasteiger partial charge in [0.25, 0.3) is 5.91 Å². The minimum Gasteiger partial charge on any atom is -0.454 e. The molecule has 1 amide bonds. The Morgan fingerprint density at radius 1 is 1.28 bits per heavy atom. The Kier molecular flexibility index (Phi) is 5.95. The second kappa shape index (κ2) is 7.96. The van der Waals surface area contributed by atoms with Crippen LogP contribution in [-0.4, -0.2) is 38.6 Å². The van der Waals surface area contributed by atoms with Crippen molar-refractivity contribution in [1.82, 2.24) is 14.7 Å². The molecule has 0 fully saturated rings. The third kappa shape index (κ3) is 5.17. The van der Waals surface area contributed by atoms with Crippen LogP contribution in [0.5, 0.6) is 0 Å². The summed E-state index contributed by atoms with van der Waals surface area (Å²) >= 11 is 0.